The van der Waals surface area contributed by atoms with Crippen molar-refractivity contribution in [1.29, 1.82) is 5.41 Å². The first-order chi connectivity index (χ1) is 16.4. The van der Waals surface area contributed by atoms with E-state index in [4.69, 9.17) is 47.4 Å². The van der Waals surface area contributed by atoms with Gasteiger partial charge in [-0.3, -0.25) is 25.1 Å². The van der Waals surface area contributed by atoms with Crippen LogP contribution in [0.3, 0.4) is 0 Å². The Labute approximate surface area is 324 Å². The number of guanidine groups is 1. The second kappa shape index (κ2) is 30.4. The van der Waals surface area contributed by atoms with Crippen LogP contribution in [0.4, 0.5) is 0 Å². The van der Waals surface area contributed by atoms with Gasteiger partial charge in [0.2, 0.25) is 0 Å². The molecule has 1 aliphatic rings. The molecule has 0 bridgehead atoms. The maximum absolute atomic E-state index is 11.1. The van der Waals surface area contributed by atoms with Crippen molar-refractivity contribution in [3.8, 4) is 0 Å². The average Bonchev–Trinajstić information content (AvgIpc) is 3.10. The number of hydrogen-bond donors (Lipinski definition) is 6. The Morgan fingerprint density at radius 3 is 1.97 bits per heavy atom. The Morgan fingerprint density at radius 2 is 1.72 bits per heavy atom. The van der Waals surface area contributed by atoms with Crippen molar-refractivity contribution in [1.82, 2.24) is 5.32 Å². The molecule has 17 nitrogen and oxygen atoms in total. The molecule has 0 aliphatic carbocycles. The van der Waals surface area contributed by atoms with Gasteiger partial charge < -0.3 is 43.0 Å². The summed E-state index contributed by atoms with van der Waals surface area (Å²) in [6, 6.07) is -1.17. The molecule has 0 aromatic rings. The molecule has 0 saturated carbocycles. The first-order valence-electron chi connectivity index (χ1n) is 9.90. The van der Waals surface area contributed by atoms with Crippen molar-refractivity contribution in [2.24, 2.45) is 22.2 Å². The Morgan fingerprint density at radius 1 is 1.26 bits per heavy atom. The molecule has 0 aromatic heterocycles. The van der Waals surface area contributed by atoms with E-state index in [2.05, 4.69) is 29.3 Å². The minimum Gasteiger partial charge on any atom is -1.00 e. The van der Waals surface area contributed by atoms with E-state index in [0.717, 1.165) is 0 Å². The molecule has 1 heterocycles. The van der Waals surface area contributed by atoms with Crippen molar-refractivity contribution in [2.45, 2.75) is 64.8 Å². The van der Waals surface area contributed by atoms with Crippen LogP contribution in [0.2, 0.25) is 0 Å². The summed E-state index contributed by atoms with van der Waals surface area (Å²) in [6.45, 7) is 11.8. The van der Waals surface area contributed by atoms with Crippen LogP contribution in [0.5, 0.6) is 0 Å². The summed E-state index contributed by atoms with van der Waals surface area (Å²) in [6.07, 6.45) is 0. The number of nitrogens with zero attached hydrogens (tertiary/aromatic N) is 1. The van der Waals surface area contributed by atoms with Gasteiger partial charge in [0.1, 0.15) is 18.1 Å². The Bertz CT molecular complexity index is 708. The quantitative estimate of drug-likeness (QED) is 0.0206. The smallest absolute Gasteiger partial charge is 1.00 e. The van der Waals surface area contributed by atoms with Gasteiger partial charge in [-0.05, 0) is 41.5 Å². The number of halogens is 1. The molecule has 0 fully saturated rings. The van der Waals surface area contributed by atoms with Crippen molar-refractivity contribution < 1.29 is 158 Å². The van der Waals surface area contributed by atoms with E-state index >= 15 is 0 Å². The third-order valence-corrected chi connectivity index (χ3v) is 3.22. The van der Waals surface area contributed by atoms with E-state index in [0.29, 0.717) is 12.0 Å². The zero-order valence-corrected chi connectivity index (χ0v) is 31.6. The summed E-state index contributed by atoms with van der Waals surface area (Å²) in [5.74, 6) is -0.464. The summed E-state index contributed by atoms with van der Waals surface area (Å²) in [4.78, 5) is 37.0. The van der Waals surface area contributed by atoms with E-state index in [-0.39, 0.29) is 165 Å². The van der Waals surface area contributed by atoms with Gasteiger partial charge in [0.25, 0.3) is 12.4 Å². The zero-order chi connectivity index (χ0) is 28.9. The second-order valence-electron chi connectivity index (χ2n) is 8.28. The SMILES string of the molecule is CC(C)(C)OC[C@H]1N=C(N)NC1=O.COC(=O)[C@H](N)COC(C)(C)C.Cl.N=C(N)SOOO.O=CO[O-].[H-].[K+].[K+]. The van der Waals surface area contributed by atoms with Gasteiger partial charge in [-0.1, -0.05) is 5.04 Å². The van der Waals surface area contributed by atoms with Gasteiger partial charge in [0.05, 0.1) is 31.5 Å². The number of rotatable bonds is 8. The molecule has 0 unspecified atom stereocenters. The predicted molar refractivity (Wildman–Crippen MR) is 135 cm³/mol. The van der Waals surface area contributed by atoms with E-state index in [1.54, 1.807) is 0 Å². The summed E-state index contributed by atoms with van der Waals surface area (Å²) in [5, 5.41) is 27.5. The fraction of sp³-hybridized carbons (Fsp3) is 0.722. The van der Waals surface area contributed by atoms with Crippen LogP contribution in [0, 0.1) is 5.41 Å². The van der Waals surface area contributed by atoms with Crippen LogP contribution in [0.15, 0.2) is 4.99 Å². The van der Waals surface area contributed by atoms with Crippen LogP contribution >= 0.6 is 24.4 Å². The molecule has 0 spiro atoms. The van der Waals surface area contributed by atoms with Crippen LogP contribution < -0.4 is 131 Å². The predicted octanol–water partition coefficient (Wildman–Crippen LogP) is -7.16. The number of nitrogens with one attached hydrogen (secondary N) is 2. The third-order valence-electron chi connectivity index (χ3n) is 2.92. The first-order valence-corrected chi connectivity index (χ1v) is 10.6. The topological polar surface area (TPSA) is 276 Å². The third kappa shape index (κ3) is 41.2. The largest absolute Gasteiger partial charge is 1.00 e. The molecule has 0 aromatic carbocycles. The number of carbonyl (C=O) groups is 3. The van der Waals surface area contributed by atoms with Gasteiger partial charge in [-0.2, -0.15) is 0 Å². The Kier molecular flexibility index (Phi) is 41.1. The zero-order valence-electron chi connectivity index (χ0n) is 24.7. The maximum Gasteiger partial charge on any atom is 1.00 e. The molecule has 1 rings (SSSR count). The fourth-order valence-electron chi connectivity index (χ4n) is 1.52. The normalized spacial score (nSPS) is 14.1. The van der Waals surface area contributed by atoms with Gasteiger partial charge >= 0.3 is 109 Å². The van der Waals surface area contributed by atoms with Gasteiger partial charge in [-0.25, -0.2) is 10.2 Å². The van der Waals surface area contributed by atoms with Crippen LogP contribution in [-0.2, 0) is 42.9 Å². The number of esters is 1. The average molecular weight is 661 g/mol. The number of amides is 1. The minimum atomic E-state index is -0.686. The van der Waals surface area contributed by atoms with E-state index in [9.17, 15) is 9.59 Å². The Balaban J connectivity index is -0.0000000752. The number of carbonyl (C=O) groups excluding carboxylic acids is 3. The monoisotopic (exact) mass is 660 g/mol. The number of ether oxygens (including phenoxy) is 3. The molecule has 39 heavy (non-hydrogen) atoms. The first kappa shape index (κ1) is 52.6. The van der Waals surface area contributed by atoms with Crippen molar-refractivity contribution in [2.75, 3.05) is 20.3 Å². The molecule has 9 N–H and O–H groups in total. The molecular weight excluding hydrogens is 622 g/mol. The fourth-order valence-corrected chi connectivity index (χ4v) is 1.63. The minimum absolute atomic E-state index is 0. The van der Waals surface area contributed by atoms with E-state index in [1.807, 2.05) is 41.5 Å². The van der Waals surface area contributed by atoms with Crippen molar-refractivity contribution in [3.05, 3.63) is 0 Å². The number of hydrogen-bond acceptors (Lipinski definition) is 16. The number of amidine groups is 1. The molecule has 2 atom stereocenters. The molecular formula is C18H39ClK2N6O11S. The number of nitrogens with two attached hydrogens (primary N) is 3. The van der Waals surface area contributed by atoms with Crippen LogP contribution in [0.1, 0.15) is 43.0 Å². The van der Waals surface area contributed by atoms with Gasteiger partial charge in [0.15, 0.2) is 17.2 Å². The van der Waals surface area contributed by atoms with Crippen LogP contribution in [-0.4, -0.2) is 78.3 Å². The molecule has 21 heteroatoms. The molecule has 222 valence electrons. The van der Waals surface area contributed by atoms with Gasteiger partial charge in [0, 0.05) is 0 Å². The summed E-state index contributed by atoms with van der Waals surface area (Å²) in [7, 11) is 1.30. The molecule has 0 radical (unpaired) electrons. The van der Waals surface area contributed by atoms with Crippen molar-refractivity contribution in [3.63, 3.8) is 0 Å². The summed E-state index contributed by atoms with van der Waals surface area (Å²) >= 11 is 0.420. The number of aliphatic imine (C=N–C) groups is 1. The van der Waals surface area contributed by atoms with E-state index in [1.165, 1.54) is 7.11 Å². The summed E-state index contributed by atoms with van der Waals surface area (Å²) in [5.41, 5.74) is 14.9. The van der Waals surface area contributed by atoms with E-state index < -0.39 is 18.1 Å². The van der Waals surface area contributed by atoms with Gasteiger partial charge in [-0.15, -0.1) is 16.7 Å². The molecule has 0 saturated heterocycles. The Hall–Kier alpha value is 0.983. The standard InChI is InChI=1S/C8H15N3O2.C8H17NO3.CH4N2O3S.CH2O3.ClH.2K.H/c1-8(2,3)13-4-5-6(12)11-7(9)10-5;1-8(2,3)12-5-6(9)7(10)11-4;2-1(3)7-6-5-4;2-1-4-3;;;;/h5H,4H2,1-3H3,(H3,9,10,11,12);6H,5,9H2,1-4H3;4H,(H3,2,3);1,3H;1H;;;/q;;;;;2*+1;-1/p-1/t5-;6-;;;;;;/m11....../s1. The molecule has 1 aliphatic heterocycles. The molecule has 1 amide bonds. The summed E-state index contributed by atoms with van der Waals surface area (Å²) < 4.78 is 18.8. The second-order valence-corrected chi connectivity index (χ2v) is 9.02. The maximum atomic E-state index is 11.1. The van der Waals surface area contributed by atoms with Crippen molar-refractivity contribution >= 4 is 53.9 Å². The number of methoxy groups -OCH3 is 1. The van der Waals surface area contributed by atoms with Crippen LogP contribution in [0.25, 0.3) is 0 Å².